The Kier molecular flexibility index (Phi) is 4.17. The summed E-state index contributed by atoms with van der Waals surface area (Å²) in [7, 11) is 1.63. The molecule has 1 heterocycles. The average molecular weight is 264 g/mol. The van der Waals surface area contributed by atoms with Gasteiger partial charge in [0.15, 0.2) is 0 Å². The van der Waals surface area contributed by atoms with E-state index < -0.39 is 0 Å². The standard InChI is InChI=1S/C13H16N2O2S/c1-9(14)12-4-3-10(16-2)5-13(12)17-7-11-6-15-8-18-11/h3-6,8-9H,7,14H2,1-2H3. The molecule has 0 aliphatic carbocycles. The highest BCUT2D eigenvalue weighted by Crippen LogP contribution is 2.29. The molecule has 0 saturated heterocycles. The molecule has 0 aliphatic rings. The van der Waals surface area contributed by atoms with Gasteiger partial charge in [0.05, 0.1) is 17.5 Å². The van der Waals surface area contributed by atoms with Crippen LogP contribution in [0.25, 0.3) is 0 Å². The van der Waals surface area contributed by atoms with Gasteiger partial charge < -0.3 is 15.2 Å². The van der Waals surface area contributed by atoms with Gasteiger partial charge in [0.2, 0.25) is 0 Å². The highest BCUT2D eigenvalue weighted by Gasteiger charge is 2.10. The van der Waals surface area contributed by atoms with Crippen LogP contribution < -0.4 is 15.2 Å². The summed E-state index contributed by atoms with van der Waals surface area (Å²) >= 11 is 1.57. The van der Waals surface area contributed by atoms with E-state index in [9.17, 15) is 0 Å². The molecule has 96 valence electrons. The van der Waals surface area contributed by atoms with Gasteiger partial charge in [0.25, 0.3) is 0 Å². The number of aromatic nitrogens is 1. The van der Waals surface area contributed by atoms with Crippen LogP contribution in [0.3, 0.4) is 0 Å². The quantitative estimate of drug-likeness (QED) is 0.902. The molecular weight excluding hydrogens is 248 g/mol. The fraction of sp³-hybridized carbons (Fsp3) is 0.308. The molecule has 0 radical (unpaired) electrons. The number of nitrogens with two attached hydrogens (primary N) is 1. The summed E-state index contributed by atoms with van der Waals surface area (Å²) in [6, 6.07) is 5.61. The molecule has 0 spiro atoms. The molecule has 0 saturated carbocycles. The fourth-order valence-corrected chi connectivity index (χ4v) is 2.11. The van der Waals surface area contributed by atoms with Crippen molar-refractivity contribution < 1.29 is 9.47 Å². The zero-order valence-electron chi connectivity index (χ0n) is 10.4. The molecule has 2 aromatic rings. The van der Waals surface area contributed by atoms with Crippen molar-refractivity contribution in [1.29, 1.82) is 0 Å². The van der Waals surface area contributed by atoms with E-state index in [1.54, 1.807) is 30.2 Å². The minimum absolute atomic E-state index is 0.0765. The summed E-state index contributed by atoms with van der Waals surface area (Å²) in [6.07, 6.45) is 1.80. The van der Waals surface area contributed by atoms with E-state index in [2.05, 4.69) is 4.98 Å². The van der Waals surface area contributed by atoms with E-state index >= 15 is 0 Å². The molecule has 1 atom stereocenters. The second-order valence-corrected chi connectivity index (χ2v) is 4.92. The zero-order chi connectivity index (χ0) is 13.0. The Labute approximate surface area is 110 Å². The minimum atomic E-state index is -0.0765. The first kappa shape index (κ1) is 12.9. The molecule has 18 heavy (non-hydrogen) atoms. The van der Waals surface area contributed by atoms with Gasteiger partial charge in [-0.1, -0.05) is 6.07 Å². The van der Waals surface area contributed by atoms with Crippen molar-refractivity contribution in [2.45, 2.75) is 19.6 Å². The molecule has 1 aromatic carbocycles. The van der Waals surface area contributed by atoms with Crippen LogP contribution in [-0.2, 0) is 6.61 Å². The molecule has 4 nitrogen and oxygen atoms in total. The van der Waals surface area contributed by atoms with Gasteiger partial charge in [-0.2, -0.15) is 0 Å². The summed E-state index contributed by atoms with van der Waals surface area (Å²) in [5, 5.41) is 0. The SMILES string of the molecule is COc1ccc(C(C)N)c(OCc2cncs2)c1. The predicted molar refractivity (Wildman–Crippen MR) is 72.0 cm³/mol. The topological polar surface area (TPSA) is 57.4 Å². The van der Waals surface area contributed by atoms with Crippen molar-refractivity contribution in [2.75, 3.05) is 7.11 Å². The normalized spacial score (nSPS) is 12.2. The lowest BCUT2D eigenvalue weighted by Crippen LogP contribution is -2.08. The smallest absolute Gasteiger partial charge is 0.128 e. The van der Waals surface area contributed by atoms with Crippen molar-refractivity contribution in [1.82, 2.24) is 4.98 Å². The van der Waals surface area contributed by atoms with Gasteiger partial charge in [-0.05, 0) is 13.0 Å². The number of thiazole rings is 1. The summed E-state index contributed by atoms with van der Waals surface area (Å²) in [5.74, 6) is 1.52. The molecule has 0 aliphatic heterocycles. The van der Waals surface area contributed by atoms with E-state index in [0.29, 0.717) is 6.61 Å². The van der Waals surface area contributed by atoms with E-state index in [4.69, 9.17) is 15.2 Å². The minimum Gasteiger partial charge on any atom is -0.497 e. The Morgan fingerprint density at radius 3 is 2.89 bits per heavy atom. The second kappa shape index (κ2) is 5.84. The summed E-state index contributed by atoms with van der Waals surface area (Å²) in [5.41, 5.74) is 8.69. The Hall–Kier alpha value is -1.59. The van der Waals surface area contributed by atoms with E-state index in [1.165, 1.54) is 0 Å². The van der Waals surface area contributed by atoms with Crippen molar-refractivity contribution >= 4 is 11.3 Å². The van der Waals surface area contributed by atoms with Crippen LogP contribution in [0.5, 0.6) is 11.5 Å². The van der Waals surface area contributed by atoms with Crippen LogP contribution in [0.2, 0.25) is 0 Å². The summed E-state index contributed by atoms with van der Waals surface area (Å²) in [4.78, 5) is 5.09. The molecule has 0 fully saturated rings. The number of benzene rings is 1. The third-order valence-electron chi connectivity index (χ3n) is 2.56. The van der Waals surface area contributed by atoms with Gasteiger partial charge in [-0.15, -0.1) is 11.3 Å². The molecule has 2 N–H and O–H groups in total. The van der Waals surface area contributed by atoms with Crippen LogP contribution in [0.1, 0.15) is 23.4 Å². The lowest BCUT2D eigenvalue weighted by atomic mass is 10.1. The zero-order valence-corrected chi connectivity index (χ0v) is 11.2. The van der Waals surface area contributed by atoms with Gasteiger partial charge >= 0.3 is 0 Å². The van der Waals surface area contributed by atoms with Crippen molar-refractivity contribution in [3.63, 3.8) is 0 Å². The molecule has 2 rings (SSSR count). The highest BCUT2D eigenvalue weighted by atomic mass is 32.1. The number of methoxy groups -OCH3 is 1. The van der Waals surface area contributed by atoms with Crippen LogP contribution >= 0.6 is 11.3 Å². The maximum Gasteiger partial charge on any atom is 0.128 e. The Bertz CT molecular complexity index is 498. The Morgan fingerprint density at radius 1 is 1.44 bits per heavy atom. The van der Waals surface area contributed by atoms with Crippen LogP contribution in [0, 0.1) is 0 Å². The molecule has 5 heteroatoms. The van der Waals surface area contributed by atoms with Crippen molar-refractivity contribution in [3.05, 3.63) is 40.3 Å². The Morgan fingerprint density at radius 2 is 2.28 bits per heavy atom. The lowest BCUT2D eigenvalue weighted by molar-refractivity contribution is 0.302. The van der Waals surface area contributed by atoms with Crippen LogP contribution in [0.4, 0.5) is 0 Å². The number of hydrogen-bond donors (Lipinski definition) is 1. The van der Waals surface area contributed by atoms with E-state index in [0.717, 1.165) is 21.9 Å². The number of nitrogens with zero attached hydrogens (tertiary/aromatic N) is 1. The first-order valence-corrected chi connectivity index (χ1v) is 6.52. The van der Waals surface area contributed by atoms with Gasteiger partial charge in [0, 0.05) is 23.9 Å². The first-order valence-electron chi connectivity index (χ1n) is 5.64. The first-order chi connectivity index (χ1) is 8.70. The van der Waals surface area contributed by atoms with Crippen molar-refractivity contribution in [2.24, 2.45) is 5.73 Å². The van der Waals surface area contributed by atoms with Gasteiger partial charge in [0.1, 0.15) is 18.1 Å². The number of ether oxygens (including phenoxy) is 2. The third-order valence-corrected chi connectivity index (χ3v) is 3.32. The van der Waals surface area contributed by atoms with E-state index in [1.807, 2.05) is 25.1 Å². The maximum atomic E-state index is 5.92. The number of rotatable bonds is 5. The summed E-state index contributed by atoms with van der Waals surface area (Å²) in [6.45, 7) is 2.43. The van der Waals surface area contributed by atoms with E-state index in [-0.39, 0.29) is 6.04 Å². The maximum absolute atomic E-state index is 5.92. The Balaban J connectivity index is 2.18. The third kappa shape index (κ3) is 3.00. The fourth-order valence-electron chi connectivity index (χ4n) is 1.61. The van der Waals surface area contributed by atoms with Crippen LogP contribution in [-0.4, -0.2) is 12.1 Å². The van der Waals surface area contributed by atoms with Crippen molar-refractivity contribution in [3.8, 4) is 11.5 Å². The molecule has 1 aromatic heterocycles. The molecular formula is C13H16N2O2S. The van der Waals surface area contributed by atoms with Crippen LogP contribution in [0.15, 0.2) is 29.9 Å². The number of hydrogen-bond acceptors (Lipinski definition) is 5. The average Bonchev–Trinajstić information content (AvgIpc) is 2.88. The predicted octanol–water partition coefficient (Wildman–Crippen LogP) is 2.75. The lowest BCUT2D eigenvalue weighted by Gasteiger charge is -2.14. The molecule has 1 unspecified atom stereocenters. The molecule has 0 bridgehead atoms. The largest absolute Gasteiger partial charge is 0.497 e. The highest BCUT2D eigenvalue weighted by molar-refractivity contribution is 7.09. The second-order valence-electron chi connectivity index (χ2n) is 3.95. The summed E-state index contributed by atoms with van der Waals surface area (Å²) < 4.78 is 11.0. The monoisotopic (exact) mass is 264 g/mol. The van der Waals surface area contributed by atoms with Gasteiger partial charge in [-0.25, -0.2) is 0 Å². The van der Waals surface area contributed by atoms with Gasteiger partial charge in [-0.3, -0.25) is 4.98 Å². The molecule has 0 amide bonds.